The Morgan fingerprint density at radius 2 is 1.86 bits per heavy atom. The molecule has 0 fully saturated rings. The molecule has 1 atom stereocenters. The van der Waals surface area contributed by atoms with Crippen molar-refractivity contribution in [1.82, 2.24) is 20.5 Å². The molecule has 0 saturated heterocycles. The van der Waals surface area contributed by atoms with Gasteiger partial charge in [-0.3, -0.25) is 20.0 Å². The summed E-state index contributed by atoms with van der Waals surface area (Å²) in [4.78, 5) is 28.3. The predicted molar refractivity (Wildman–Crippen MR) is 114 cm³/mol. The average Bonchev–Trinajstić information content (AvgIpc) is 3.34. The van der Waals surface area contributed by atoms with Crippen molar-refractivity contribution in [3.05, 3.63) is 65.2 Å². The summed E-state index contributed by atoms with van der Waals surface area (Å²) < 4.78 is 0. The molecule has 2 heterocycles. The van der Waals surface area contributed by atoms with Crippen LogP contribution in [-0.4, -0.2) is 27.0 Å². The van der Waals surface area contributed by atoms with Gasteiger partial charge in [0, 0.05) is 23.3 Å². The molecule has 0 radical (unpaired) electrons. The van der Waals surface area contributed by atoms with Crippen LogP contribution in [0.15, 0.2) is 53.9 Å². The predicted octanol–water partition coefficient (Wildman–Crippen LogP) is 4.14. The molecule has 0 saturated carbocycles. The Morgan fingerprint density at radius 3 is 2.62 bits per heavy atom. The fourth-order valence-electron chi connectivity index (χ4n) is 3.09. The SMILES string of the molecule is CC(=O)NC(C)c1ccc(-c2csc(NC(=O)c3n[nH]c4ccccc34)n2)cc1. The van der Waals surface area contributed by atoms with Crippen molar-refractivity contribution >= 4 is 39.2 Å². The molecule has 2 aromatic carbocycles. The van der Waals surface area contributed by atoms with Gasteiger partial charge >= 0.3 is 0 Å². The number of carbonyl (C=O) groups excluding carboxylic acids is 2. The van der Waals surface area contributed by atoms with Gasteiger partial charge in [-0.15, -0.1) is 11.3 Å². The van der Waals surface area contributed by atoms with Gasteiger partial charge in [0.05, 0.1) is 17.3 Å². The van der Waals surface area contributed by atoms with Crippen LogP contribution in [0.2, 0.25) is 0 Å². The summed E-state index contributed by atoms with van der Waals surface area (Å²) in [7, 11) is 0. The summed E-state index contributed by atoms with van der Waals surface area (Å²) in [5, 5.41) is 15.8. The first-order valence-electron chi connectivity index (χ1n) is 9.08. The Morgan fingerprint density at radius 1 is 1.10 bits per heavy atom. The molecule has 0 spiro atoms. The van der Waals surface area contributed by atoms with Crippen LogP contribution in [0.25, 0.3) is 22.2 Å². The number of hydrogen-bond donors (Lipinski definition) is 3. The van der Waals surface area contributed by atoms with Crippen LogP contribution in [0.5, 0.6) is 0 Å². The molecule has 0 bridgehead atoms. The van der Waals surface area contributed by atoms with Crippen LogP contribution in [0.1, 0.15) is 35.9 Å². The Bertz CT molecular complexity index is 1180. The maximum atomic E-state index is 12.6. The first-order chi connectivity index (χ1) is 14.0. The summed E-state index contributed by atoms with van der Waals surface area (Å²) in [6.07, 6.45) is 0. The van der Waals surface area contributed by atoms with Crippen LogP contribution in [0.3, 0.4) is 0 Å². The van der Waals surface area contributed by atoms with E-state index in [1.54, 1.807) is 0 Å². The van der Waals surface area contributed by atoms with Gasteiger partial charge in [-0.05, 0) is 18.6 Å². The largest absolute Gasteiger partial charge is 0.350 e. The Kier molecular flexibility index (Phi) is 5.09. The lowest BCUT2D eigenvalue weighted by atomic mass is 10.1. The molecule has 0 aliphatic rings. The van der Waals surface area contributed by atoms with Gasteiger partial charge in [0.15, 0.2) is 10.8 Å². The molecule has 8 heteroatoms. The second-order valence-corrected chi connectivity index (χ2v) is 7.51. The molecule has 0 aliphatic heterocycles. The van der Waals surface area contributed by atoms with Gasteiger partial charge in [-0.25, -0.2) is 4.98 Å². The van der Waals surface area contributed by atoms with Crippen LogP contribution < -0.4 is 10.6 Å². The number of rotatable bonds is 5. The van der Waals surface area contributed by atoms with Crippen LogP contribution in [0.4, 0.5) is 5.13 Å². The lowest BCUT2D eigenvalue weighted by Gasteiger charge is -2.12. The summed E-state index contributed by atoms with van der Waals surface area (Å²) in [5.41, 5.74) is 3.87. The van der Waals surface area contributed by atoms with Gasteiger partial charge in [0.25, 0.3) is 5.91 Å². The smallest absolute Gasteiger partial charge is 0.278 e. The molecular weight excluding hydrogens is 386 g/mol. The molecule has 2 amide bonds. The molecule has 3 N–H and O–H groups in total. The molecule has 4 aromatic rings. The third-order valence-corrected chi connectivity index (χ3v) is 5.29. The summed E-state index contributed by atoms with van der Waals surface area (Å²) in [6.45, 7) is 3.44. The fourth-order valence-corrected chi connectivity index (χ4v) is 3.80. The third kappa shape index (κ3) is 4.02. The Labute approximate surface area is 171 Å². The van der Waals surface area contributed by atoms with E-state index in [2.05, 4.69) is 25.8 Å². The maximum absolute atomic E-state index is 12.6. The number of hydrogen-bond acceptors (Lipinski definition) is 5. The number of nitrogens with one attached hydrogen (secondary N) is 3. The molecule has 146 valence electrons. The minimum Gasteiger partial charge on any atom is -0.350 e. The molecule has 7 nitrogen and oxygen atoms in total. The van der Waals surface area contributed by atoms with Crippen molar-refractivity contribution in [2.45, 2.75) is 19.9 Å². The van der Waals surface area contributed by atoms with Crippen LogP contribution >= 0.6 is 11.3 Å². The van der Waals surface area contributed by atoms with Crippen molar-refractivity contribution in [3.8, 4) is 11.3 Å². The zero-order valence-corrected chi connectivity index (χ0v) is 16.7. The maximum Gasteiger partial charge on any atom is 0.278 e. The summed E-state index contributed by atoms with van der Waals surface area (Å²) in [5.74, 6) is -0.367. The van der Waals surface area contributed by atoms with E-state index in [4.69, 9.17) is 0 Å². The second kappa shape index (κ2) is 7.84. The zero-order valence-electron chi connectivity index (χ0n) is 15.9. The summed E-state index contributed by atoms with van der Waals surface area (Å²) in [6, 6.07) is 15.2. The number of amides is 2. The normalized spacial score (nSPS) is 11.9. The monoisotopic (exact) mass is 405 g/mol. The van der Waals surface area contributed by atoms with Gasteiger partial charge in [-0.1, -0.05) is 42.5 Å². The number of thiazole rings is 1. The number of carbonyl (C=O) groups is 2. The number of para-hydroxylation sites is 1. The molecule has 29 heavy (non-hydrogen) atoms. The number of benzene rings is 2. The van der Waals surface area contributed by atoms with Crippen molar-refractivity contribution in [2.24, 2.45) is 0 Å². The van der Waals surface area contributed by atoms with Crippen LogP contribution in [-0.2, 0) is 4.79 Å². The van der Waals surface area contributed by atoms with E-state index in [-0.39, 0.29) is 17.9 Å². The molecule has 4 rings (SSSR count). The van der Waals surface area contributed by atoms with Gasteiger partial charge in [0.1, 0.15) is 0 Å². The third-order valence-electron chi connectivity index (χ3n) is 4.54. The van der Waals surface area contributed by atoms with Crippen LogP contribution in [0, 0.1) is 0 Å². The minimum atomic E-state index is -0.303. The Balaban J connectivity index is 1.48. The van der Waals surface area contributed by atoms with E-state index in [9.17, 15) is 9.59 Å². The summed E-state index contributed by atoms with van der Waals surface area (Å²) >= 11 is 1.36. The highest BCUT2D eigenvalue weighted by Gasteiger charge is 2.16. The highest BCUT2D eigenvalue weighted by Crippen LogP contribution is 2.27. The standard InChI is InChI=1S/C21H19N5O2S/c1-12(22-13(2)27)14-7-9-15(10-8-14)18-11-29-21(23-18)24-20(28)19-16-5-3-4-6-17(16)25-26-19/h3-12H,1-2H3,(H,22,27)(H,25,26)(H,23,24,28). The minimum absolute atomic E-state index is 0.0597. The van der Waals surface area contributed by atoms with E-state index >= 15 is 0 Å². The number of aromatic nitrogens is 3. The van der Waals surface area contributed by atoms with Crippen molar-refractivity contribution in [3.63, 3.8) is 0 Å². The topological polar surface area (TPSA) is 99.8 Å². The number of aromatic amines is 1. The van der Waals surface area contributed by atoms with Crippen molar-refractivity contribution in [2.75, 3.05) is 5.32 Å². The first kappa shape index (κ1) is 18.8. The first-order valence-corrected chi connectivity index (χ1v) is 9.96. The Hall–Kier alpha value is -3.52. The average molecular weight is 405 g/mol. The highest BCUT2D eigenvalue weighted by atomic mass is 32.1. The van der Waals surface area contributed by atoms with E-state index in [1.165, 1.54) is 18.3 Å². The van der Waals surface area contributed by atoms with E-state index in [1.807, 2.05) is 60.8 Å². The molecule has 2 aromatic heterocycles. The van der Waals surface area contributed by atoms with Crippen molar-refractivity contribution < 1.29 is 9.59 Å². The van der Waals surface area contributed by atoms with E-state index in [0.717, 1.165) is 27.7 Å². The van der Waals surface area contributed by atoms with E-state index in [0.29, 0.717) is 10.8 Å². The molecular formula is C21H19N5O2S. The molecule has 0 aliphatic carbocycles. The quantitative estimate of drug-likeness (QED) is 0.465. The number of anilines is 1. The van der Waals surface area contributed by atoms with Gasteiger partial charge in [-0.2, -0.15) is 5.10 Å². The lowest BCUT2D eigenvalue weighted by Crippen LogP contribution is -2.23. The van der Waals surface area contributed by atoms with E-state index < -0.39 is 0 Å². The number of nitrogens with zero attached hydrogens (tertiary/aromatic N) is 2. The zero-order chi connectivity index (χ0) is 20.4. The number of fused-ring (bicyclic) bond motifs is 1. The fraction of sp³-hybridized carbons (Fsp3) is 0.143. The van der Waals surface area contributed by atoms with Gasteiger partial charge in [0.2, 0.25) is 5.91 Å². The highest BCUT2D eigenvalue weighted by molar-refractivity contribution is 7.14. The molecule has 1 unspecified atom stereocenters. The number of H-pyrrole nitrogens is 1. The van der Waals surface area contributed by atoms with Gasteiger partial charge < -0.3 is 5.32 Å². The van der Waals surface area contributed by atoms with Crippen molar-refractivity contribution in [1.29, 1.82) is 0 Å². The second-order valence-electron chi connectivity index (χ2n) is 6.65. The lowest BCUT2D eigenvalue weighted by molar-refractivity contribution is -0.119.